The molecule has 0 aliphatic rings. The standard InChI is InChI=1S/C13H14BrN3O3/c1-8(6-18)16-12(19)5-17-7-15-11-3-2-9(14)4-10(11)13(17)20/h2-4,7-8,18H,5-6H2,1H3,(H,16,19). The molecule has 2 aromatic rings. The minimum atomic E-state index is -0.347. The zero-order valence-corrected chi connectivity index (χ0v) is 12.4. The Hall–Kier alpha value is -1.73. The number of benzene rings is 1. The fraction of sp³-hybridized carbons (Fsp3) is 0.308. The Labute approximate surface area is 123 Å². The third-order valence-corrected chi connectivity index (χ3v) is 3.27. The van der Waals surface area contributed by atoms with E-state index in [1.807, 2.05) is 0 Å². The van der Waals surface area contributed by atoms with E-state index in [4.69, 9.17) is 5.11 Å². The maximum Gasteiger partial charge on any atom is 0.261 e. The summed E-state index contributed by atoms with van der Waals surface area (Å²) in [5.41, 5.74) is 0.307. The van der Waals surface area contributed by atoms with E-state index in [2.05, 4.69) is 26.2 Å². The molecule has 2 N–H and O–H groups in total. The third kappa shape index (κ3) is 3.23. The zero-order chi connectivity index (χ0) is 14.7. The van der Waals surface area contributed by atoms with Gasteiger partial charge in [0, 0.05) is 10.5 Å². The Bertz CT molecular complexity index is 699. The molecule has 1 aromatic carbocycles. The molecule has 1 aromatic heterocycles. The second-order valence-electron chi connectivity index (χ2n) is 4.49. The molecule has 1 unspecified atom stereocenters. The van der Waals surface area contributed by atoms with Crippen molar-refractivity contribution in [1.29, 1.82) is 0 Å². The first kappa shape index (κ1) is 14.7. The molecule has 0 radical (unpaired) electrons. The first-order valence-electron chi connectivity index (χ1n) is 6.06. The average Bonchev–Trinajstić information content (AvgIpc) is 2.42. The number of rotatable bonds is 4. The second kappa shape index (κ2) is 6.15. The van der Waals surface area contributed by atoms with Crippen molar-refractivity contribution in [2.75, 3.05) is 6.61 Å². The van der Waals surface area contributed by atoms with Crippen molar-refractivity contribution in [3.8, 4) is 0 Å². The van der Waals surface area contributed by atoms with Crippen LogP contribution in [-0.4, -0.2) is 33.2 Å². The van der Waals surface area contributed by atoms with Gasteiger partial charge in [-0.3, -0.25) is 14.2 Å². The van der Waals surface area contributed by atoms with Crippen LogP contribution in [0.15, 0.2) is 33.8 Å². The van der Waals surface area contributed by atoms with Crippen molar-refractivity contribution in [2.45, 2.75) is 19.5 Å². The lowest BCUT2D eigenvalue weighted by atomic mass is 10.2. The van der Waals surface area contributed by atoms with E-state index in [1.54, 1.807) is 25.1 Å². The quantitative estimate of drug-likeness (QED) is 0.856. The summed E-state index contributed by atoms with van der Waals surface area (Å²) in [6, 6.07) is 4.87. The summed E-state index contributed by atoms with van der Waals surface area (Å²) in [5, 5.41) is 11.9. The van der Waals surface area contributed by atoms with Crippen LogP contribution in [0.3, 0.4) is 0 Å². The fourth-order valence-corrected chi connectivity index (χ4v) is 2.13. The normalized spacial score (nSPS) is 12.3. The summed E-state index contributed by atoms with van der Waals surface area (Å²) < 4.78 is 2.02. The van der Waals surface area contributed by atoms with Crippen LogP contribution in [0.1, 0.15) is 6.92 Å². The molecule has 0 aliphatic carbocycles. The van der Waals surface area contributed by atoms with Crippen LogP contribution < -0.4 is 10.9 Å². The van der Waals surface area contributed by atoms with E-state index in [9.17, 15) is 9.59 Å². The largest absolute Gasteiger partial charge is 0.394 e. The van der Waals surface area contributed by atoms with Crippen molar-refractivity contribution in [3.05, 3.63) is 39.4 Å². The number of nitrogens with zero attached hydrogens (tertiary/aromatic N) is 2. The number of aliphatic hydroxyl groups is 1. The monoisotopic (exact) mass is 339 g/mol. The highest BCUT2D eigenvalue weighted by Gasteiger charge is 2.10. The number of halogens is 1. The summed E-state index contributed by atoms with van der Waals surface area (Å²) in [4.78, 5) is 28.1. The van der Waals surface area contributed by atoms with Crippen LogP contribution in [0.4, 0.5) is 0 Å². The highest BCUT2D eigenvalue weighted by molar-refractivity contribution is 9.10. The molecule has 106 valence electrons. The van der Waals surface area contributed by atoms with Gasteiger partial charge in [0.2, 0.25) is 5.91 Å². The first-order chi connectivity index (χ1) is 9.51. The van der Waals surface area contributed by atoms with E-state index < -0.39 is 0 Å². The van der Waals surface area contributed by atoms with Crippen LogP contribution in [0.2, 0.25) is 0 Å². The van der Waals surface area contributed by atoms with Crippen LogP contribution in [0, 0.1) is 0 Å². The average molecular weight is 340 g/mol. The topological polar surface area (TPSA) is 84.2 Å². The first-order valence-corrected chi connectivity index (χ1v) is 6.85. The molecule has 20 heavy (non-hydrogen) atoms. The number of nitrogens with one attached hydrogen (secondary N) is 1. The van der Waals surface area contributed by atoms with Gasteiger partial charge in [-0.1, -0.05) is 15.9 Å². The molecular weight excluding hydrogens is 326 g/mol. The lowest BCUT2D eigenvalue weighted by molar-refractivity contribution is -0.122. The predicted molar refractivity (Wildman–Crippen MR) is 78.4 cm³/mol. The molecule has 0 saturated carbocycles. The minimum Gasteiger partial charge on any atom is -0.394 e. The van der Waals surface area contributed by atoms with E-state index in [0.29, 0.717) is 10.9 Å². The smallest absolute Gasteiger partial charge is 0.261 e. The van der Waals surface area contributed by atoms with Crippen molar-refractivity contribution >= 4 is 32.7 Å². The summed E-state index contributed by atoms with van der Waals surface area (Å²) in [7, 11) is 0. The fourth-order valence-electron chi connectivity index (χ4n) is 1.76. The number of amides is 1. The van der Waals surface area contributed by atoms with Gasteiger partial charge in [-0.05, 0) is 25.1 Å². The van der Waals surface area contributed by atoms with Gasteiger partial charge in [0.1, 0.15) is 6.54 Å². The van der Waals surface area contributed by atoms with Gasteiger partial charge in [-0.2, -0.15) is 0 Å². The van der Waals surface area contributed by atoms with Crippen molar-refractivity contribution < 1.29 is 9.90 Å². The number of fused-ring (bicyclic) bond motifs is 1. The lowest BCUT2D eigenvalue weighted by Crippen LogP contribution is -2.39. The second-order valence-corrected chi connectivity index (χ2v) is 5.41. The number of hydrogen-bond donors (Lipinski definition) is 2. The third-order valence-electron chi connectivity index (χ3n) is 2.78. The summed E-state index contributed by atoms with van der Waals surface area (Å²) in [6.07, 6.45) is 1.35. The highest BCUT2D eigenvalue weighted by Crippen LogP contribution is 2.14. The van der Waals surface area contributed by atoms with Gasteiger partial charge in [0.15, 0.2) is 0 Å². The number of aliphatic hydroxyl groups excluding tert-OH is 1. The summed E-state index contributed by atoms with van der Waals surface area (Å²) in [6.45, 7) is 1.40. The Morgan fingerprint density at radius 2 is 2.30 bits per heavy atom. The molecule has 0 spiro atoms. The summed E-state index contributed by atoms with van der Waals surface area (Å²) in [5.74, 6) is -0.343. The molecule has 7 heteroatoms. The molecule has 0 bridgehead atoms. The van der Waals surface area contributed by atoms with Crippen LogP contribution in [0.25, 0.3) is 10.9 Å². The maximum atomic E-state index is 12.2. The van der Waals surface area contributed by atoms with E-state index in [0.717, 1.165) is 4.47 Å². The van der Waals surface area contributed by atoms with Crippen LogP contribution in [0.5, 0.6) is 0 Å². The molecule has 1 atom stereocenters. The van der Waals surface area contributed by atoms with Gasteiger partial charge in [-0.15, -0.1) is 0 Å². The van der Waals surface area contributed by atoms with Crippen LogP contribution in [-0.2, 0) is 11.3 Å². The molecule has 6 nitrogen and oxygen atoms in total. The number of aromatic nitrogens is 2. The molecular formula is C13H14BrN3O3. The molecule has 0 aliphatic heterocycles. The lowest BCUT2D eigenvalue weighted by Gasteiger charge is -2.11. The number of carbonyl (C=O) groups is 1. The highest BCUT2D eigenvalue weighted by atomic mass is 79.9. The van der Waals surface area contributed by atoms with Crippen LogP contribution >= 0.6 is 15.9 Å². The maximum absolute atomic E-state index is 12.2. The van der Waals surface area contributed by atoms with Crippen molar-refractivity contribution in [1.82, 2.24) is 14.9 Å². The number of hydrogen-bond acceptors (Lipinski definition) is 4. The van der Waals surface area contributed by atoms with Crippen molar-refractivity contribution in [2.24, 2.45) is 0 Å². The molecule has 0 saturated heterocycles. The Balaban J connectivity index is 2.29. The molecule has 1 heterocycles. The Morgan fingerprint density at radius 1 is 1.55 bits per heavy atom. The van der Waals surface area contributed by atoms with E-state index in [-0.39, 0.29) is 30.7 Å². The Morgan fingerprint density at radius 3 is 3.00 bits per heavy atom. The van der Waals surface area contributed by atoms with Gasteiger partial charge >= 0.3 is 0 Å². The SMILES string of the molecule is CC(CO)NC(=O)Cn1cnc2ccc(Br)cc2c1=O. The predicted octanol–water partition coefficient (Wildman–Crippen LogP) is 0.656. The van der Waals surface area contributed by atoms with E-state index >= 15 is 0 Å². The van der Waals surface area contributed by atoms with Crippen molar-refractivity contribution in [3.63, 3.8) is 0 Å². The Kier molecular flexibility index (Phi) is 4.51. The van der Waals surface area contributed by atoms with Gasteiger partial charge in [0.25, 0.3) is 5.56 Å². The summed E-state index contributed by atoms with van der Waals surface area (Å²) >= 11 is 3.30. The van der Waals surface area contributed by atoms with Gasteiger partial charge in [-0.25, -0.2) is 4.98 Å². The number of carbonyl (C=O) groups excluding carboxylic acids is 1. The van der Waals surface area contributed by atoms with E-state index in [1.165, 1.54) is 10.9 Å². The zero-order valence-electron chi connectivity index (χ0n) is 10.8. The molecule has 2 rings (SSSR count). The minimum absolute atomic E-state index is 0.126. The molecule has 0 fully saturated rings. The molecule has 1 amide bonds. The van der Waals surface area contributed by atoms with Gasteiger partial charge in [0.05, 0.1) is 23.8 Å². The van der Waals surface area contributed by atoms with Gasteiger partial charge < -0.3 is 10.4 Å².